The molecule has 0 fully saturated rings. The van der Waals surface area contributed by atoms with E-state index in [0.717, 1.165) is 56.4 Å². The van der Waals surface area contributed by atoms with E-state index >= 15 is 0 Å². The van der Waals surface area contributed by atoms with Crippen molar-refractivity contribution in [2.24, 2.45) is 15.0 Å². The molecule has 0 unspecified atom stereocenters. The van der Waals surface area contributed by atoms with Crippen molar-refractivity contribution in [1.29, 1.82) is 0 Å². The second-order valence-electron chi connectivity index (χ2n) is 40.7. The van der Waals surface area contributed by atoms with Crippen molar-refractivity contribution in [1.82, 2.24) is 0 Å². The predicted molar refractivity (Wildman–Crippen MR) is 628 cm³/mol. The van der Waals surface area contributed by atoms with Crippen molar-refractivity contribution >= 4 is 52.5 Å². The largest absolute Gasteiger partial charge is 0.346 e. The predicted octanol–water partition coefficient (Wildman–Crippen LogP) is 38.3. The van der Waals surface area contributed by atoms with Crippen molar-refractivity contribution in [3.05, 3.63) is 604 Å². The molecular formula is C141H142N6O. The summed E-state index contributed by atoms with van der Waals surface area (Å²) in [6.45, 7) is 40.3. The maximum Gasteiger partial charge on any atom is 0.323 e. The Morgan fingerprint density at radius 1 is 0.196 bits per heavy atom. The average molecular weight is 1940 g/mol. The van der Waals surface area contributed by atoms with E-state index in [4.69, 9.17) is 15.0 Å². The third kappa shape index (κ3) is 25.4. The molecule has 0 saturated carbocycles. The zero-order valence-electron chi connectivity index (χ0n) is 89.3. The Morgan fingerprint density at radius 3 is 0.493 bits per heavy atom. The highest BCUT2D eigenvalue weighted by Gasteiger charge is 2.31. The van der Waals surface area contributed by atoms with Crippen LogP contribution in [0.2, 0.25) is 0 Å². The van der Waals surface area contributed by atoms with E-state index in [1.807, 2.05) is 30.6 Å². The van der Waals surface area contributed by atoms with Gasteiger partial charge in [0.25, 0.3) is 0 Å². The number of aliphatic imine (C=N–C) groups is 3. The van der Waals surface area contributed by atoms with Crippen LogP contribution < -0.4 is 16.0 Å². The lowest BCUT2D eigenvalue weighted by Crippen LogP contribution is -2.24. The molecule has 0 aliphatic rings. The third-order valence-corrected chi connectivity index (χ3v) is 30.4. The van der Waals surface area contributed by atoms with Gasteiger partial charge in [-0.05, 0) is 175 Å². The topological polar surface area (TPSA) is 90.2 Å². The van der Waals surface area contributed by atoms with E-state index in [1.54, 1.807) is 0 Å². The van der Waals surface area contributed by atoms with Crippen LogP contribution in [0, 0.1) is 41.5 Å². The van der Waals surface area contributed by atoms with Gasteiger partial charge in [-0.25, -0.2) is 9.79 Å². The molecule has 3 N–H and O–H groups in total. The fraction of sp³-hybridized carbons (Fsp3) is 0.213. The molecule has 2 amide bonds. The molecule has 0 aromatic heterocycles. The van der Waals surface area contributed by atoms with E-state index in [1.165, 1.54) is 145 Å². The van der Waals surface area contributed by atoms with Gasteiger partial charge in [-0.3, -0.25) is 0 Å². The summed E-state index contributed by atoms with van der Waals surface area (Å²) in [5, 5.41) is 10.7. The Kier molecular flexibility index (Phi) is 35.3. The van der Waals surface area contributed by atoms with Gasteiger partial charge in [0.15, 0.2) is 0 Å². The van der Waals surface area contributed by atoms with Crippen molar-refractivity contribution in [3.63, 3.8) is 0 Å². The minimum atomic E-state index is -0.247. The maximum absolute atomic E-state index is 14.6. The number of hydrogen-bond donors (Lipinski definition) is 3. The molecule has 18 aromatic rings. The van der Waals surface area contributed by atoms with Crippen LogP contribution in [0.1, 0.15) is 321 Å². The molecule has 0 saturated heterocycles. The van der Waals surface area contributed by atoms with Crippen LogP contribution in [0.15, 0.2) is 452 Å². The van der Waals surface area contributed by atoms with E-state index < -0.39 is 0 Å². The lowest BCUT2D eigenvalue weighted by molar-refractivity contribution is 0.262. The molecule has 0 bridgehead atoms. The Hall–Kier alpha value is -15.9. The molecule has 148 heavy (non-hydrogen) atoms. The van der Waals surface area contributed by atoms with Crippen LogP contribution in [-0.4, -0.2) is 18.4 Å². The molecule has 12 atom stereocenters. The normalized spacial score (nSPS) is 13.7. The molecule has 18 rings (SSSR count). The van der Waals surface area contributed by atoms with Crippen LogP contribution in [0.3, 0.4) is 0 Å². The first-order valence-electron chi connectivity index (χ1n) is 52.8. The van der Waals surface area contributed by atoms with Gasteiger partial charge in [-0.15, -0.1) is 0 Å². The van der Waals surface area contributed by atoms with E-state index in [9.17, 15) is 4.79 Å². The number of aryl methyl sites for hydroxylation is 6. The maximum atomic E-state index is 14.6. The summed E-state index contributed by atoms with van der Waals surface area (Å²) in [6, 6.07) is 159. The van der Waals surface area contributed by atoms with Gasteiger partial charge < -0.3 is 16.0 Å². The standard InChI is InChI=1S/C47H48N2O.C47H48N2.C47H46N2/c1-31-27-41(33(3)37-19-11-7-12-20-37)45(42(28-31)34(4)38-21-13-8-14-22-38)48-47(50)49-46-43(35(5)39-23-15-9-16-24-39)29-32(2)30-44(46)36(6)40-25-17-10-18-26-40;2*1-32-27-42(34(3)38-19-11-7-12-20-38)46(43(28-32)35(4)39-21-13-8-14-22-39)48-31-49-47-44(36(5)40-23-15-9-16-24-40)29-33(2)30-45(47)37(6)41-25-17-10-18-26-41/h7-30,33-36H,1-6H3,(H2,48,49,50);7-31,34-37H,1-6H3,(H,48,49);7-30,34-37H,1-6H3/t33-,34-,35-,36-;2*34-,35-,36-,37-/m111/s1. The fourth-order valence-electron chi connectivity index (χ4n) is 21.5. The fourth-order valence-corrected chi connectivity index (χ4v) is 21.5. The number of hydrogen-bond acceptors (Lipinski definition) is 4. The van der Waals surface area contributed by atoms with Crippen LogP contribution in [0.5, 0.6) is 0 Å². The number of nitrogens with one attached hydrogen (secondary N) is 3. The lowest BCUT2D eigenvalue weighted by Gasteiger charge is -2.27. The molecule has 0 radical (unpaired) electrons. The first-order valence-corrected chi connectivity index (χ1v) is 52.8. The number of carbonyl (C=O) groups excluding carboxylic acids is 1. The van der Waals surface area contributed by atoms with Crippen molar-refractivity contribution in [2.75, 3.05) is 16.0 Å². The highest BCUT2D eigenvalue weighted by Crippen LogP contribution is 2.49. The Morgan fingerprint density at radius 2 is 0.331 bits per heavy atom. The Labute approximate surface area is 881 Å². The number of carbonyl (C=O) groups is 1. The van der Waals surface area contributed by atoms with E-state index in [2.05, 4.69) is 559 Å². The second-order valence-corrected chi connectivity index (χ2v) is 40.7. The quantitative estimate of drug-likeness (QED) is 0.0298. The number of amides is 2. The third-order valence-electron chi connectivity index (χ3n) is 30.4. The highest BCUT2D eigenvalue weighted by atomic mass is 16.2. The highest BCUT2D eigenvalue weighted by molar-refractivity contribution is 6.02. The Balaban J connectivity index is 0.000000158. The van der Waals surface area contributed by atoms with Gasteiger partial charge in [-0.2, -0.15) is 9.98 Å². The summed E-state index contributed by atoms with van der Waals surface area (Å²) >= 11 is 0. The average Bonchev–Trinajstić information content (AvgIpc) is 0.795. The van der Waals surface area contributed by atoms with Crippen LogP contribution in [0.4, 0.5) is 38.9 Å². The smallest absolute Gasteiger partial charge is 0.323 e. The molecule has 742 valence electrons. The zero-order chi connectivity index (χ0) is 104. The van der Waals surface area contributed by atoms with Crippen LogP contribution in [0.25, 0.3) is 0 Å². The van der Waals surface area contributed by atoms with Gasteiger partial charge in [0, 0.05) is 76.7 Å². The van der Waals surface area contributed by atoms with Gasteiger partial charge in [0.2, 0.25) is 0 Å². The van der Waals surface area contributed by atoms with Crippen molar-refractivity contribution in [3.8, 4) is 0 Å². The second kappa shape index (κ2) is 49.8. The molecule has 7 heteroatoms. The van der Waals surface area contributed by atoms with Crippen LogP contribution >= 0.6 is 0 Å². The summed E-state index contributed by atoms with van der Waals surface area (Å²) < 4.78 is 0. The number of anilines is 3. The van der Waals surface area contributed by atoms with Gasteiger partial charge in [0.05, 0.1) is 34.8 Å². The SMILES string of the molecule is Cc1cc([C@H](C)c2ccccc2)c(N=C=Nc2c([C@H](C)c3ccccc3)cc(C)cc2[C@H](C)c2ccccc2)c([C@H](C)c2ccccc2)c1.Cc1cc([C@H](C)c2ccccc2)c(N=CNc2c([C@H](C)c3ccccc3)cc(C)cc2[C@H](C)c2ccccc2)c([C@H](C)c2ccccc2)c1.Cc1cc([C@H](C)c2ccccc2)c(NC(=O)Nc2c([C@H](C)c3ccccc3)cc(C)cc2[C@H](C)c2ccccc2)c([C@H](C)c2ccccc2)c1. The van der Waals surface area contributed by atoms with Gasteiger partial charge in [-0.1, -0.05) is 553 Å². The van der Waals surface area contributed by atoms with Gasteiger partial charge >= 0.3 is 6.03 Å². The van der Waals surface area contributed by atoms with E-state index in [-0.39, 0.29) is 77.0 Å². The van der Waals surface area contributed by atoms with Gasteiger partial charge in [0.1, 0.15) is 6.01 Å². The lowest BCUT2D eigenvalue weighted by atomic mass is 9.83. The first kappa shape index (κ1) is 105. The number of urea groups is 1. The monoisotopic (exact) mass is 1940 g/mol. The minimum absolute atomic E-state index is 0.0647. The first-order chi connectivity index (χ1) is 71.8. The summed E-state index contributed by atoms with van der Waals surface area (Å²) in [4.78, 5) is 30.3. The number of rotatable bonds is 31. The molecular weight excluding hydrogens is 1790 g/mol. The molecule has 0 aliphatic heterocycles. The minimum Gasteiger partial charge on any atom is -0.346 e. The summed E-state index contributed by atoms with van der Waals surface area (Å²) in [5.41, 5.74) is 42.3. The molecule has 18 aromatic carbocycles. The summed E-state index contributed by atoms with van der Waals surface area (Å²) in [6.07, 6.45) is 1.94. The number of nitrogens with zero attached hydrogens (tertiary/aromatic N) is 3. The zero-order valence-corrected chi connectivity index (χ0v) is 89.3. The summed E-state index contributed by atoms with van der Waals surface area (Å²) in [7, 11) is 0. The molecule has 0 spiro atoms. The molecule has 0 aliphatic carbocycles. The molecule has 7 nitrogen and oxygen atoms in total. The van der Waals surface area contributed by atoms with E-state index in [0.29, 0.717) is 0 Å². The van der Waals surface area contributed by atoms with Crippen LogP contribution in [-0.2, 0) is 0 Å². The van der Waals surface area contributed by atoms with Crippen molar-refractivity contribution in [2.45, 2.75) is 196 Å². The Bertz CT molecular complexity index is 6830. The molecule has 0 heterocycles. The summed E-state index contributed by atoms with van der Waals surface area (Å²) in [5.74, 6) is 1.58. The van der Waals surface area contributed by atoms with Crippen molar-refractivity contribution < 1.29 is 4.79 Å². The number of benzene rings is 18.